The Bertz CT molecular complexity index is 1270. The number of fused-ring (bicyclic) bond motifs is 1. The van der Waals surface area contributed by atoms with Crippen LogP contribution in [-0.4, -0.2) is 96.9 Å². The SMILES string of the molecule is COC(=O)[C@H](CCC(=O)N1CCOc2ccccc2C1)NC(=O)[C@H](CC1CCCCC1)NC(=O)OC1CCN(C(=O)OC(C)(C)C)CC1. The number of benzene rings is 1. The van der Waals surface area contributed by atoms with E-state index < -0.39 is 47.9 Å². The number of para-hydroxylation sites is 1. The highest BCUT2D eigenvalue weighted by atomic mass is 16.6. The molecule has 2 fully saturated rings. The minimum absolute atomic E-state index is 0.00691. The van der Waals surface area contributed by atoms with Crippen LogP contribution in [0.4, 0.5) is 9.59 Å². The van der Waals surface area contributed by atoms with E-state index >= 15 is 0 Å². The predicted molar refractivity (Wildman–Crippen MR) is 176 cm³/mol. The van der Waals surface area contributed by atoms with Gasteiger partial charge < -0.3 is 39.4 Å². The van der Waals surface area contributed by atoms with Crippen molar-refractivity contribution >= 4 is 30.0 Å². The van der Waals surface area contributed by atoms with Gasteiger partial charge in [-0.15, -0.1) is 0 Å². The molecule has 0 spiro atoms. The van der Waals surface area contributed by atoms with Gasteiger partial charge in [-0.3, -0.25) is 9.59 Å². The van der Waals surface area contributed by atoms with Crippen LogP contribution in [0.2, 0.25) is 0 Å². The number of alkyl carbamates (subject to hydrolysis) is 1. The molecule has 2 aliphatic heterocycles. The van der Waals surface area contributed by atoms with Gasteiger partial charge in [0.25, 0.3) is 0 Å². The van der Waals surface area contributed by atoms with Gasteiger partial charge in [-0.05, 0) is 45.6 Å². The molecule has 1 aromatic rings. The first-order chi connectivity index (χ1) is 22.9. The molecule has 13 nitrogen and oxygen atoms in total. The monoisotopic (exact) mass is 672 g/mol. The summed E-state index contributed by atoms with van der Waals surface area (Å²) in [6.07, 6.45) is 4.92. The molecule has 2 atom stereocenters. The predicted octanol–water partition coefficient (Wildman–Crippen LogP) is 4.31. The summed E-state index contributed by atoms with van der Waals surface area (Å²) in [6, 6.07) is 5.54. The molecule has 3 aliphatic rings. The molecule has 1 saturated carbocycles. The van der Waals surface area contributed by atoms with E-state index in [-0.39, 0.29) is 24.7 Å². The van der Waals surface area contributed by atoms with Gasteiger partial charge in [0.05, 0.1) is 13.7 Å². The Balaban J connectivity index is 1.34. The summed E-state index contributed by atoms with van der Waals surface area (Å²) >= 11 is 0. The topological polar surface area (TPSA) is 153 Å². The lowest BCUT2D eigenvalue weighted by atomic mass is 9.84. The second-order valence-corrected chi connectivity index (χ2v) is 13.9. The molecule has 4 amide bonds. The summed E-state index contributed by atoms with van der Waals surface area (Å²) in [5.74, 6) is -0.391. The molecule has 266 valence electrons. The Labute approximate surface area is 283 Å². The second kappa shape index (κ2) is 17.4. The normalized spacial score (nSPS) is 18.7. The number of nitrogens with zero attached hydrogens (tertiary/aromatic N) is 2. The van der Waals surface area contributed by atoms with Crippen molar-refractivity contribution in [3.05, 3.63) is 29.8 Å². The third-order valence-electron chi connectivity index (χ3n) is 9.02. The number of amides is 4. The fourth-order valence-corrected chi connectivity index (χ4v) is 6.43. The number of rotatable bonds is 10. The van der Waals surface area contributed by atoms with Crippen LogP contribution in [0.25, 0.3) is 0 Å². The molecule has 13 heteroatoms. The zero-order valence-electron chi connectivity index (χ0n) is 28.8. The smallest absolute Gasteiger partial charge is 0.410 e. The van der Waals surface area contributed by atoms with Gasteiger partial charge in [0, 0.05) is 44.5 Å². The number of piperidine rings is 1. The van der Waals surface area contributed by atoms with Crippen LogP contribution in [-0.2, 0) is 35.1 Å². The summed E-state index contributed by atoms with van der Waals surface area (Å²) in [7, 11) is 1.23. The molecule has 2 N–H and O–H groups in total. The van der Waals surface area contributed by atoms with Crippen LogP contribution in [0, 0.1) is 5.92 Å². The van der Waals surface area contributed by atoms with E-state index in [1.165, 1.54) is 7.11 Å². The lowest BCUT2D eigenvalue weighted by Gasteiger charge is -2.33. The third kappa shape index (κ3) is 11.3. The number of hydrogen-bond donors (Lipinski definition) is 2. The van der Waals surface area contributed by atoms with Crippen LogP contribution < -0.4 is 15.4 Å². The molecule has 2 heterocycles. The van der Waals surface area contributed by atoms with Gasteiger partial charge in [0.1, 0.15) is 36.1 Å². The molecule has 1 saturated heterocycles. The van der Waals surface area contributed by atoms with Crippen molar-refractivity contribution in [1.82, 2.24) is 20.4 Å². The largest absolute Gasteiger partial charge is 0.491 e. The summed E-state index contributed by atoms with van der Waals surface area (Å²) in [5.41, 5.74) is 0.300. The highest BCUT2D eigenvalue weighted by Crippen LogP contribution is 2.28. The van der Waals surface area contributed by atoms with E-state index in [4.69, 9.17) is 18.9 Å². The number of ether oxygens (including phenoxy) is 4. The minimum Gasteiger partial charge on any atom is -0.491 e. The van der Waals surface area contributed by atoms with Crippen LogP contribution >= 0.6 is 0 Å². The van der Waals surface area contributed by atoms with E-state index in [9.17, 15) is 24.0 Å². The van der Waals surface area contributed by atoms with E-state index in [1.54, 1.807) is 9.80 Å². The van der Waals surface area contributed by atoms with Crippen molar-refractivity contribution in [1.29, 1.82) is 0 Å². The summed E-state index contributed by atoms with van der Waals surface area (Å²) < 4.78 is 21.9. The summed E-state index contributed by atoms with van der Waals surface area (Å²) in [4.78, 5) is 68.4. The zero-order chi connectivity index (χ0) is 34.7. The number of nitrogens with one attached hydrogen (secondary N) is 2. The molecule has 48 heavy (non-hydrogen) atoms. The van der Waals surface area contributed by atoms with Crippen LogP contribution in [0.5, 0.6) is 5.75 Å². The maximum Gasteiger partial charge on any atom is 0.410 e. The van der Waals surface area contributed by atoms with Crippen molar-refractivity contribution in [2.75, 3.05) is 33.4 Å². The first-order valence-corrected chi connectivity index (χ1v) is 17.2. The number of hydrogen-bond acceptors (Lipinski definition) is 9. The van der Waals surface area contributed by atoms with E-state index in [0.717, 1.165) is 43.4 Å². The first-order valence-electron chi connectivity index (χ1n) is 17.2. The number of methoxy groups -OCH3 is 1. The maximum atomic E-state index is 13.7. The Morgan fingerprint density at radius 3 is 2.31 bits per heavy atom. The molecule has 0 unspecified atom stereocenters. The Morgan fingerprint density at radius 1 is 0.917 bits per heavy atom. The van der Waals surface area contributed by atoms with Gasteiger partial charge in [0.15, 0.2) is 0 Å². The van der Waals surface area contributed by atoms with E-state index in [0.29, 0.717) is 52.0 Å². The molecule has 1 aromatic carbocycles. The lowest BCUT2D eigenvalue weighted by Crippen LogP contribution is -2.53. The minimum atomic E-state index is -1.08. The number of carbonyl (C=O) groups excluding carboxylic acids is 5. The number of esters is 1. The first kappa shape index (κ1) is 36.8. The van der Waals surface area contributed by atoms with Gasteiger partial charge >= 0.3 is 18.2 Å². The summed E-state index contributed by atoms with van der Waals surface area (Å²) in [5, 5.41) is 5.50. The Hall–Kier alpha value is -4.03. The molecule has 0 radical (unpaired) electrons. The van der Waals surface area contributed by atoms with Gasteiger partial charge in [-0.2, -0.15) is 0 Å². The quantitative estimate of drug-likeness (QED) is 0.274. The lowest BCUT2D eigenvalue weighted by molar-refractivity contribution is -0.146. The van der Waals surface area contributed by atoms with Gasteiger partial charge in [-0.25, -0.2) is 14.4 Å². The van der Waals surface area contributed by atoms with Crippen molar-refractivity contribution in [3.63, 3.8) is 0 Å². The van der Waals surface area contributed by atoms with Crippen molar-refractivity contribution in [3.8, 4) is 5.75 Å². The fourth-order valence-electron chi connectivity index (χ4n) is 6.43. The highest BCUT2D eigenvalue weighted by Gasteiger charge is 2.33. The Kier molecular flexibility index (Phi) is 13.3. The van der Waals surface area contributed by atoms with E-state index in [2.05, 4.69) is 10.6 Å². The molecule has 1 aliphatic carbocycles. The maximum absolute atomic E-state index is 13.7. The van der Waals surface area contributed by atoms with Crippen LogP contribution in [0.3, 0.4) is 0 Å². The zero-order valence-corrected chi connectivity index (χ0v) is 28.8. The van der Waals surface area contributed by atoms with Crippen molar-refractivity contribution in [2.45, 2.75) is 115 Å². The average Bonchev–Trinajstić information content (AvgIpc) is 3.28. The van der Waals surface area contributed by atoms with E-state index in [1.807, 2.05) is 45.0 Å². The number of likely N-dealkylation sites (tertiary alicyclic amines) is 1. The third-order valence-corrected chi connectivity index (χ3v) is 9.02. The molecule has 0 aromatic heterocycles. The highest BCUT2D eigenvalue weighted by molar-refractivity contribution is 5.90. The van der Waals surface area contributed by atoms with Crippen molar-refractivity contribution < 1.29 is 42.9 Å². The van der Waals surface area contributed by atoms with Crippen molar-refractivity contribution in [2.24, 2.45) is 5.92 Å². The van der Waals surface area contributed by atoms with Crippen LogP contribution in [0.15, 0.2) is 24.3 Å². The fraction of sp³-hybridized carbons (Fsp3) is 0.686. The number of carbonyl (C=O) groups is 5. The molecular weight excluding hydrogens is 620 g/mol. The molecular formula is C35H52N4O9. The molecule has 0 bridgehead atoms. The van der Waals surface area contributed by atoms with Gasteiger partial charge in [0.2, 0.25) is 11.8 Å². The Morgan fingerprint density at radius 2 is 1.62 bits per heavy atom. The van der Waals surface area contributed by atoms with Gasteiger partial charge in [-0.1, -0.05) is 50.3 Å². The van der Waals surface area contributed by atoms with Crippen LogP contribution in [0.1, 0.15) is 90.5 Å². The second-order valence-electron chi connectivity index (χ2n) is 13.9. The standard InChI is InChI=1S/C35H52N4O9/c1-35(2,3)48-34(44)38-18-16-26(17-19-38)47-33(43)37-28(22-24-10-6-5-7-11-24)31(41)36-27(32(42)45-4)14-15-30(40)39-20-21-46-29-13-9-8-12-25(29)23-39/h8-9,12-13,24,26-28H,5-7,10-11,14-23H2,1-4H3,(H,36,41)(H,37,43)/t27-,28-/m0/s1. The molecule has 4 rings (SSSR count). The summed E-state index contributed by atoms with van der Waals surface area (Å²) in [6.45, 7) is 7.34. The average molecular weight is 673 g/mol.